The summed E-state index contributed by atoms with van der Waals surface area (Å²) in [7, 11) is 0. The number of ether oxygens (including phenoxy) is 11. The number of rotatable bonds is 31. The first kappa shape index (κ1) is 65.4. The second kappa shape index (κ2) is 44.8. The van der Waals surface area contributed by atoms with Crippen molar-refractivity contribution in [3.63, 3.8) is 0 Å². The van der Waals surface area contributed by atoms with Crippen molar-refractivity contribution in [3.05, 3.63) is 0 Å². The number of epoxide rings is 3. The topological polar surface area (TPSA) is 273 Å². The molecular formula is C38H86O19. The summed E-state index contributed by atoms with van der Waals surface area (Å²) in [4.78, 5) is 0. The van der Waals surface area contributed by atoms with E-state index in [0.29, 0.717) is 65.1 Å². The molecule has 0 bridgehead atoms. The predicted octanol–water partition coefficient (Wildman–Crippen LogP) is -0.583. The minimum atomic E-state index is -0.879. The molecule has 0 aromatic carbocycles. The van der Waals surface area contributed by atoms with Crippen LogP contribution in [-0.4, -0.2) is 234 Å². The molecule has 3 fully saturated rings. The average Bonchev–Trinajstić information content (AvgIpc) is 3.99. The Kier molecular flexibility index (Phi) is 51.4. The smallest absolute Gasteiger partial charge is 0.104 e. The SMILES string of the molecule is C.C.C.C.CC(COCC(O)CO)OCC(O)CO.CC(COCC1CO1)OCC1CO1.CCOCC(O)COCC(O)CO.CCOCC(O)COCC1CO1. The second-order valence-corrected chi connectivity index (χ2v) is 12.4. The van der Waals surface area contributed by atoms with Gasteiger partial charge in [0.15, 0.2) is 0 Å². The van der Waals surface area contributed by atoms with Gasteiger partial charge in [-0.25, -0.2) is 0 Å². The highest BCUT2D eigenvalue weighted by atomic mass is 16.6. The fourth-order valence-electron chi connectivity index (χ4n) is 3.31. The fraction of sp³-hybridized carbons (Fsp3) is 1.00. The molecule has 3 rings (SSSR count). The molecule has 352 valence electrons. The lowest BCUT2D eigenvalue weighted by Gasteiger charge is -2.16. The van der Waals surface area contributed by atoms with E-state index in [9.17, 15) is 10.2 Å². The molecule has 19 heteroatoms. The maximum atomic E-state index is 9.22. The van der Waals surface area contributed by atoms with E-state index in [-0.39, 0.29) is 107 Å². The molecule has 3 saturated heterocycles. The van der Waals surface area contributed by atoms with Crippen molar-refractivity contribution in [1.82, 2.24) is 0 Å². The van der Waals surface area contributed by atoms with Crippen molar-refractivity contribution in [2.24, 2.45) is 0 Å². The Morgan fingerprint density at radius 3 is 1.12 bits per heavy atom. The lowest BCUT2D eigenvalue weighted by molar-refractivity contribution is -0.0670. The molecule has 0 aliphatic carbocycles. The second-order valence-electron chi connectivity index (χ2n) is 12.4. The Balaban J connectivity index is -0.000000206. The van der Waals surface area contributed by atoms with Crippen LogP contribution in [0, 0.1) is 0 Å². The Morgan fingerprint density at radius 1 is 0.421 bits per heavy atom. The van der Waals surface area contributed by atoms with Crippen LogP contribution in [0.4, 0.5) is 0 Å². The lowest BCUT2D eigenvalue weighted by Crippen LogP contribution is -2.27. The monoisotopic (exact) mass is 847 g/mol. The van der Waals surface area contributed by atoms with Crippen LogP contribution >= 0.6 is 0 Å². The summed E-state index contributed by atoms with van der Waals surface area (Å²) in [6.45, 7) is 14.2. The first-order valence-electron chi connectivity index (χ1n) is 18.2. The van der Waals surface area contributed by atoms with Gasteiger partial charge in [0, 0.05) is 13.2 Å². The van der Waals surface area contributed by atoms with Gasteiger partial charge in [-0.2, -0.15) is 0 Å². The molecule has 10 atom stereocenters. The van der Waals surface area contributed by atoms with Crippen LogP contribution in [0.1, 0.15) is 57.4 Å². The van der Waals surface area contributed by atoms with Gasteiger partial charge in [-0.15, -0.1) is 0 Å². The first-order valence-corrected chi connectivity index (χ1v) is 18.2. The molecule has 19 nitrogen and oxygen atoms in total. The summed E-state index contributed by atoms with van der Waals surface area (Å²) < 4.78 is 56.0. The Hall–Kier alpha value is -0.760. The number of hydrogen-bond donors (Lipinski definition) is 8. The summed E-state index contributed by atoms with van der Waals surface area (Å²) in [5.41, 5.74) is 0. The molecule has 3 heterocycles. The zero-order valence-corrected chi connectivity index (χ0v) is 32.0. The number of hydrogen-bond acceptors (Lipinski definition) is 19. The van der Waals surface area contributed by atoms with Gasteiger partial charge in [0.1, 0.15) is 48.8 Å². The quantitative estimate of drug-likeness (QED) is 0.0406. The summed E-state index contributed by atoms with van der Waals surface area (Å²) in [6.07, 6.45) is -2.94. The summed E-state index contributed by atoms with van der Waals surface area (Å²) in [5, 5.41) is 70.6. The van der Waals surface area contributed by atoms with E-state index < -0.39 is 30.5 Å². The van der Waals surface area contributed by atoms with Gasteiger partial charge >= 0.3 is 0 Å². The van der Waals surface area contributed by atoms with E-state index in [1.54, 1.807) is 6.92 Å². The van der Waals surface area contributed by atoms with Crippen LogP contribution in [0.25, 0.3) is 0 Å². The minimum absolute atomic E-state index is 0. The molecule has 57 heavy (non-hydrogen) atoms. The van der Waals surface area contributed by atoms with E-state index in [0.717, 1.165) is 19.8 Å². The molecule has 0 spiro atoms. The van der Waals surface area contributed by atoms with Crippen LogP contribution in [0.3, 0.4) is 0 Å². The summed E-state index contributed by atoms with van der Waals surface area (Å²) in [5.74, 6) is 0. The molecular weight excluding hydrogens is 760 g/mol. The van der Waals surface area contributed by atoms with Gasteiger partial charge in [-0.1, -0.05) is 29.7 Å². The van der Waals surface area contributed by atoms with Crippen molar-refractivity contribution < 1.29 is 93.0 Å². The van der Waals surface area contributed by atoms with E-state index in [1.807, 2.05) is 20.8 Å². The normalized spacial score (nSPS) is 20.7. The highest BCUT2D eigenvalue weighted by molar-refractivity contribution is 4.70. The third kappa shape index (κ3) is 49.5. The third-order valence-corrected chi connectivity index (χ3v) is 6.56. The molecule has 3 aliphatic heterocycles. The number of aliphatic hydroxyl groups excluding tert-OH is 8. The van der Waals surface area contributed by atoms with Crippen molar-refractivity contribution >= 4 is 0 Å². The van der Waals surface area contributed by atoms with Gasteiger partial charge in [-0.3, -0.25) is 0 Å². The maximum absolute atomic E-state index is 9.22. The highest BCUT2D eigenvalue weighted by Crippen LogP contribution is 2.11. The Labute approximate surface area is 343 Å². The molecule has 0 aromatic rings. The molecule has 10 unspecified atom stereocenters. The predicted molar refractivity (Wildman–Crippen MR) is 215 cm³/mol. The molecule has 0 saturated carbocycles. The molecule has 0 amide bonds. The van der Waals surface area contributed by atoms with Crippen LogP contribution in [0.2, 0.25) is 0 Å². The zero-order chi connectivity index (χ0) is 39.7. The van der Waals surface area contributed by atoms with E-state index in [1.165, 1.54) is 0 Å². The highest BCUT2D eigenvalue weighted by Gasteiger charge is 2.25. The van der Waals surface area contributed by atoms with Gasteiger partial charge in [0.2, 0.25) is 0 Å². The van der Waals surface area contributed by atoms with Crippen molar-refractivity contribution in [3.8, 4) is 0 Å². The van der Waals surface area contributed by atoms with E-state index in [2.05, 4.69) is 0 Å². The molecule has 0 aromatic heterocycles. The number of aliphatic hydroxyl groups is 8. The van der Waals surface area contributed by atoms with Gasteiger partial charge in [0.05, 0.1) is 131 Å². The molecule has 3 aliphatic rings. The van der Waals surface area contributed by atoms with Gasteiger partial charge in [-0.05, 0) is 27.7 Å². The first-order chi connectivity index (χ1) is 25.5. The molecule has 0 radical (unpaired) electrons. The Morgan fingerprint density at radius 2 is 0.719 bits per heavy atom. The van der Waals surface area contributed by atoms with E-state index >= 15 is 0 Å². The molecule has 8 N–H and O–H groups in total. The summed E-state index contributed by atoms with van der Waals surface area (Å²) >= 11 is 0. The standard InChI is InChI=1S/C9H20O6.C9H16O4.C8H18O5.C8H16O4.4CH4/c1-7(15-6-9(13)3-11)4-14-5-8(12)2-10;1-7(11-4-9-6-13-9)2-10-3-8-5-12-8;1-2-12-5-8(11)6-13-4-7(10)3-9;1-2-10-3-7(9)4-11-5-8-6-12-8;;;;/h7-13H,2-6H2,1H3;7-9H,2-6H2,1H3;7-11H,2-6H2,1H3;7-9H,2-6H2,1H3;4*1H4. The zero-order valence-electron chi connectivity index (χ0n) is 32.0. The van der Waals surface area contributed by atoms with Gasteiger partial charge in [0.25, 0.3) is 0 Å². The lowest BCUT2D eigenvalue weighted by atomic mass is 10.4. The average molecular weight is 847 g/mol. The van der Waals surface area contributed by atoms with Crippen molar-refractivity contribution in [2.45, 2.75) is 118 Å². The summed E-state index contributed by atoms with van der Waals surface area (Å²) in [6, 6.07) is 0. The fourth-order valence-corrected chi connectivity index (χ4v) is 3.31. The van der Waals surface area contributed by atoms with Gasteiger partial charge < -0.3 is 93.0 Å². The van der Waals surface area contributed by atoms with Crippen LogP contribution in [0.5, 0.6) is 0 Å². The van der Waals surface area contributed by atoms with Crippen LogP contribution < -0.4 is 0 Å². The Bertz CT molecular complexity index is 764. The minimum Gasteiger partial charge on any atom is -0.394 e. The maximum Gasteiger partial charge on any atom is 0.104 e. The van der Waals surface area contributed by atoms with E-state index in [4.69, 9.17) is 82.7 Å². The van der Waals surface area contributed by atoms with Crippen LogP contribution in [-0.2, 0) is 52.1 Å². The van der Waals surface area contributed by atoms with Crippen molar-refractivity contribution in [2.75, 3.05) is 132 Å². The third-order valence-electron chi connectivity index (χ3n) is 6.56. The van der Waals surface area contributed by atoms with Crippen molar-refractivity contribution in [1.29, 1.82) is 0 Å². The van der Waals surface area contributed by atoms with Crippen LogP contribution in [0.15, 0.2) is 0 Å². The largest absolute Gasteiger partial charge is 0.394 e.